The summed E-state index contributed by atoms with van der Waals surface area (Å²) in [6.45, 7) is 4.33. The summed E-state index contributed by atoms with van der Waals surface area (Å²) in [6, 6.07) is 0. The third-order valence-electron chi connectivity index (χ3n) is 5.24. The molecule has 0 heterocycles. The summed E-state index contributed by atoms with van der Waals surface area (Å²) in [5.74, 6) is 0. The van der Waals surface area contributed by atoms with Crippen molar-refractivity contribution in [3.05, 3.63) is 0 Å². The van der Waals surface area contributed by atoms with Gasteiger partial charge in [-0.2, -0.15) is 0 Å². The molecule has 0 saturated carbocycles. The predicted octanol–water partition coefficient (Wildman–Crippen LogP) is 2.94. The Bertz CT molecular complexity index is 401. The van der Waals surface area contributed by atoms with Crippen LogP contribution in [0.1, 0.15) is 123 Å². The van der Waals surface area contributed by atoms with Crippen LogP contribution < -0.4 is 29.6 Å². The van der Waals surface area contributed by atoms with Crippen molar-refractivity contribution < 1.29 is 47.6 Å². The standard InChI is InChI=1S/C21H44O4S.Na/c1-3-5-7-9-10-11-12-13-16-20(22)17-15-19-21(26(23,24)25)18-14-8-6-4-2;/h20-22H,3-19H2,1-2H3,(H,23,24,25);/q;+1/p-1. The van der Waals surface area contributed by atoms with Gasteiger partial charge in [0.2, 0.25) is 0 Å². The first-order chi connectivity index (χ1) is 12.4. The fraction of sp³-hybridized carbons (Fsp3) is 1.00. The van der Waals surface area contributed by atoms with E-state index in [0.29, 0.717) is 25.7 Å². The van der Waals surface area contributed by atoms with Gasteiger partial charge in [-0.05, 0) is 32.1 Å². The Kier molecular flexibility index (Phi) is 22.4. The van der Waals surface area contributed by atoms with Crippen molar-refractivity contribution in [2.45, 2.75) is 134 Å². The zero-order valence-electron chi connectivity index (χ0n) is 18.3. The third-order valence-corrected chi connectivity index (χ3v) is 6.53. The second-order valence-electron chi connectivity index (χ2n) is 7.81. The topological polar surface area (TPSA) is 77.4 Å². The average Bonchev–Trinajstić information content (AvgIpc) is 2.58. The Labute approximate surface area is 191 Å². The molecule has 2 unspecified atom stereocenters. The quantitative estimate of drug-likeness (QED) is 0.200. The number of unbranched alkanes of at least 4 members (excludes halogenated alkanes) is 10. The van der Waals surface area contributed by atoms with E-state index in [1.165, 1.54) is 38.5 Å². The van der Waals surface area contributed by atoms with E-state index in [1.807, 2.05) is 0 Å². The molecule has 0 spiro atoms. The maximum Gasteiger partial charge on any atom is 1.00 e. The van der Waals surface area contributed by atoms with Crippen LogP contribution in [0.5, 0.6) is 0 Å². The molecule has 2 atom stereocenters. The predicted molar refractivity (Wildman–Crippen MR) is 109 cm³/mol. The maximum atomic E-state index is 11.4. The van der Waals surface area contributed by atoms with Gasteiger partial charge >= 0.3 is 29.6 Å². The molecular weight excluding hydrogens is 371 g/mol. The summed E-state index contributed by atoms with van der Waals surface area (Å²) in [7, 11) is -4.22. The van der Waals surface area contributed by atoms with Gasteiger partial charge in [-0.15, -0.1) is 0 Å². The molecular formula is C21H43NaO4S. The van der Waals surface area contributed by atoms with Crippen LogP contribution in [0.4, 0.5) is 0 Å². The van der Waals surface area contributed by atoms with Gasteiger partial charge in [-0.25, -0.2) is 8.42 Å². The molecule has 0 aliphatic rings. The van der Waals surface area contributed by atoms with Crippen molar-refractivity contribution in [3.63, 3.8) is 0 Å². The first-order valence-electron chi connectivity index (χ1n) is 11.0. The summed E-state index contributed by atoms with van der Waals surface area (Å²) in [5, 5.41) is 9.29. The third kappa shape index (κ3) is 19.9. The van der Waals surface area contributed by atoms with Crippen LogP contribution in [0, 0.1) is 0 Å². The minimum atomic E-state index is -4.22. The number of aliphatic hydroxyl groups is 1. The molecule has 27 heavy (non-hydrogen) atoms. The first-order valence-corrected chi connectivity index (χ1v) is 12.5. The Balaban J connectivity index is 0. The summed E-state index contributed by atoms with van der Waals surface area (Å²) in [4.78, 5) is 0. The fourth-order valence-electron chi connectivity index (χ4n) is 3.47. The summed E-state index contributed by atoms with van der Waals surface area (Å²) in [5.41, 5.74) is 0. The summed E-state index contributed by atoms with van der Waals surface area (Å²) in [6.07, 6.45) is 16.5. The summed E-state index contributed by atoms with van der Waals surface area (Å²) < 4.78 is 34.2. The van der Waals surface area contributed by atoms with E-state index in [2.05, 4.69) is 13.8 Å². The molecule has 0 aromatic rings. The van der Waals surface area contributed by atoms with Gasteiger partial charge < -0.3 is 9.66 Å². The molecule has 1 N–H and O–H groups in total. The van der Waals surface area contributed by atoms with Crippen LogP contribution in [0.15, 0.2) is 0 Å². The Morgan fingerprint density at radius 3 is 1.56 bits per heavy atom. The van der Waals surface area contributed by atoms with Gasteiger partial charge in [0.05, 0.1) is 16.2 Å². The molecule has 0 saturated heterocycles. The fourth-order valence-corrected chi connectivity index (χ4v) is 4.38. The Morgan fingerprint density at radius 1 is 0.667 bits per heavy atom. The molecule has 0 radical (unpaired) electrons. The van der Waals surface area contributed by atoms with Crippen molar-refractivity contribution in [2.75, 3.05) is 0 Å². The molecule has 0 fully saturated rings. The van der Waals surface area contributed by atoms with Crippen molar-refractivity contribution in [1.29, 1.82) is 0 Å². The smallest absolute Gasteiger partial charge is 0.748 e. The molecule has 0 aliphatic heterocycles. The van der Waals surface area contributed by atoms with E-state index in [0.717, 1.165) is 44.9 Å². The number of rotatable bonds is 19. The van der Waals surface area contributed by atoms with E-state index in [4.69, 9.17) is 0 Å². The van der Waals surface area contributed by atoms with Crippen LogP contribution in [0.2, 0.25) is 0 Å². The van der Waals surface area contributed by atoms with Crippen LogP contribution >= 0.6 is 0 Å². The van der Waals surface area contributed by atoms with Crippen LogP contribution in [0.3, 0.4) is 0 Å². The van der Waals surface area contributed by atoms with E-state index in [-0.39, 0.29) is 35.7 Å². The zero-order valence-corrected chi connectivity index (χ0v) is 21.1. The Morgan fingerprint density at radius 2 is 1.04 bits per heavy atom. The van der Waals surface area contributed by atoms with Crippen molar-refractivity contribution in [2.24, 2.45) is 0 Å². The number of hydrogen-bond donors (Lipinski definition) is 1. The second kappa shape index (κ2) is 20.2. The van der Waals surface area contributed by atoms with Gasteiger partial charge in [0, 0.05) is 5.25 Å². The van der Waals surface area contributed by atoms with Crippen LogP contribution in [-0.2, 0) is 10.1 Å². The molecule has 0 aromatic heterocycles. The molecule has 4 nitrogen and oxygen atoms in total. The zero-order chi connectivity index (χ0) is 19.7. The van der Waals surface area contributed by atoms with Crippen LogP contribution in [-0.4, -0.2) is 29.4 Å². The second-order valence-corrected chi connectivity index (χ2v) is 9.46. The summed E-state index contributed by atoms with van der Waals surface area (Å²) >= 11 is 0. The van der Waals surface area contributed by atoms with Crippen LogP contribution in [0.25, 0.3) is 0 Å². The van der Waals surface area contributed by atoms with Gasteiger partial charge in [0.25, 0.3) is 0 Å². The normalized spacial score (nSPS) is 13.9. The average molecular weight is 415 g/mol. The SMILES string of the molecule is CCCCCCCCCCC(O)CCCC(CCCCCC)S(=O)(=O)[O-].[Na+]. The van der Waals surface area contributed by atoms with Gasteiger partial charge in [-0.3, -0.25) is 0 Å². The largest absolute Gasteiger partial charge is 1.00 e. The molecule has 6 heteroatoms. The molecule has 0 amide bonds. The van der Waals surface area contributed by atoms with E-state index < -0.39 is 15.4 Å². The van der Waals surface area contributed by atoms with E-state index in [1.54, 1.807) is 0 Å². The molecule has 0 bridgehead atoms. The van der Waals surface area contributed by atoms with Gasteiger partial charge in [0.1, 0.15) is 0 Å². The van der Waals surface area contributed by atoms with Crippen molar-refractivity contribution in [3.8, 4) is 0 Å². The molecule has 158 valence electrons. The number of hydrogen-bond acceptors (Lipinski definition) is 4. The Hall–Kier alpha value is 0.870. The maximum absolute atomic E-state index is 11.4. The van der Waals surface area contributed by atoms with Gasteiger partial charge in [0.15, 0.2) is 0 Å². The molecule has 0 aromatic carbocycles. The van der Waals surface area contributed by atoms with Gasteiger partial charge in [-0.1, -0.05) is 90.9 Å². The minimum Gasteiger partial charge on any atom is -0.748 e. The minimum absolute atomic E-state index is 0. The van der Waals surface area contributed by atoms with Crippen molar-refractivity contribution >= 4 is 10.1 Å². The van der Waals surface area contributed by atoms with E-state index in [9.17, 15) is 18.1 Å². The molecule has 0 aliphatic carbocycles. The number of aliphatic hydroxyl groups excluding tert-OH is 1. The van der Waals surface area contributed by atoms with Crippen molar-refractivity contribution in [1.82, 2.24) is 0 Å². The van der Waals surface area contributed by atoms with E-state index >= 15 is 0 Å². The monoisotopic (exact) mass is 414 g/mol. The molecule has 0 rings (SSSR count). The first kappa shape index (κ1) is 30.1.